The molecule has 2 nitrogen and oxygen atoms in total. The molecule has 0 aromatic carbocycles. The normalized spacial score (nSPS) is 30.3. The summed E-state index contributed by atoms with van der Waals surface area (Å²) in [6, 6.07) is 0. The Morgan fingerprint density at radius 3 is 1.84 bits per heavy atom. The number of aryl methyl sites for hydroxylation is 2. The molecule has 0 N–H and O–H groups in total. The van der Waals surface area contributed by atoms with Crippen LogP contribution >= 0.6 is 0 Å². The third-order valence-electron chi connectivity index (χ3n) is 7.03. The van der Waals surface area contributed by atoms with Crippen molar-refractivity contribution < 1.29 is 0 Å². The first kappa shape index (κ1) is 18.9. The highest BCUT2D eigenvalue weighted by Gasteiger charge is 2.30. The van der Waals surface area contributed by atoms with Gasteiger partial charge in [-0.1, -0.05) is 51.9 Å². The van der Waals surface area contributed by atoms with Crippen molar-refractivity contribution >= 4 is 0 Å². The first-order chi connectivity index (χ1) is 12.2. The van der Waals surface area contributed by atoms with Gasteiger partial charge >= 0.3 is 0 Å². The van der Waals surface area contributed by atoms with Crippen molar-refractivity contribution in [2.75, 3.05) is 0 Å². The van der Waals surface area contributed by atoms with E-state index in [9.17, 15) is 0 Å². The maximum absolute atomic E-state index is 4.47. The Labute approximate surface area is 155 Å². The molecule has 0 unspecified atom stereocenters. The van der Waals surface area contributed by atoms with Crippen LogP contribution < -0.4 is 0 Å². The topological polar surface area (TPSA) is 25.8 Å². The molecule has 3 rings (SSSR count). The van der Waals surface area contributed by atoms with E-state index < -0.39 is 0 Å². The molecule has 25 heavy (non-hydrogen) atoms. The summed E-state index contributed by atoms with van der Waals surface area (Å²) in [4.78, 5) is 8.94. The van der Waals surface area contributed by atoms with E-state index in [1.54, 1.807) is 0 Å². The number of aromatic nitrogens is 2. The minimum atomic E-state index is 0.919. The van der Waals surface area contributed by atoms with Crippen LogP contribution in [0.15, 0.2) is 12.4 Å². The maximum atomic E-state index is 4.47. The smallest absolute Gasteiger partial charge is 0.128 e. The van der Waals surface area contributed by atoms with E-state index in [1.165, 1.54) is 77.0 Å². The molecule has 0 aliphatic heterocycles. The molecule has 0 atom stereocenters. The average Bonchev–Trinajstić information content (AvgIpc) is 2.67. The van der Waals surface area contributed by atoms with Crippen LogP contribution in [0.5, 0.6) is 0 Å². The van der Waals surface area contributed by atoms with Gasteiger partial charge in [-0.3, -0.25) is 0 Å². The molecule has 2 heteroatoms. The number of hydrogen-bond acceptors (Lipinski definition) is 2. The fourth-order valence-corrected chi connectivity index (χ4v) is 5.27. The van der Waals surface area contributed by atoms with E-state index in [2.05, 4.69) is 23.8 Å². The number of rotatable bonds is 7. The zero-order chi connectivity index (χ0) is 17.5. The molecule has 1 aromatic heterocycles. The van der Waals surface area contributed by atoms with Crippen molar-refractivity contribution in [3.05, 3.63) is 23.8 Å². The van der Waals surface area contributed by atoms with Gasteiger partial charge in [-0.2, -0.15) is 0 Å². The van der Waals surface area contributed by atoms with Gasteiger partial charge in [0.05, 0.1) is 0 Å². The largest absolute Gasteiger partial charge is 0.241 e. The second-order valence-electron chi connectivity index (χ2n) is 8.92. The van der Waals surface area contributed by atoms with Crippen molar-refractivity contribution in [3.63, 3.8) is 0 Å². The number of hydrogen-bond donors (Lipinski definition) is 0. The van der Waals surface area contributed by atoms with E-state index in [0.29, 0.717) is 0 Å². The van der Waals surface area contributed by atoms with E-state index >= 15 is 0 Å². The monoisotopic (exact) mass is 342 g/mol. The summed E-state index contributed by atoms with van der Waals surface area (Å²) >= 11 is 0. The van der Waals surface area contributed by atoms with Crippen LogP contribution in [0.25, 0.3) is 0 Å². The molecule has 0 amide bonds. The predicted molar refractivity (Wildman–Crippen MR) is 106 cm³/mol. The molecular formula is C23H38N2. The molecule has 0 radical (unpaired) electrons. The Morgan fingerprint density at radius 2 is 1.32 bits per heavy atom. The lowest BCUT2D eigenvalue weighted by atomic mass is 9.68. The van der Waals surface area contributed by atoms with E-state index in [0.717, 1.165) is 41.5 Å². The summed E-state index contributed by atoms with van der Waals surface area (Å²) in [6.07, 6.45) is 22.6. The molecule has 0 spiro atoms. The zero-order valence-corrected chi connectivity index (χ0v) is 16.6. The van der Waals surface area contributed by atoms with Crippen LogP contribution in [0.4, 0.5) is 0 Å². The lowest BCUT2D eigenvalue weighted by Crippen LogP contribution is -2.26. The van der Waals surface area contributed by atoms with Crippen LogP contribution in [0.2, 0.25) is 0 Å². The average molecular weight is 343 g/mol. The fraction of sp³-hybridized carbons (Fsp3) is 0.826. The van der Waals surface area contributed by atoms with Gasteiger partial charge in [-0.15, -0.1) is 0 Å². The van der Waals surface area contributed by atoms with Crippen LogP contribution in [-0.4, -0.2) is 9.97 Å². The molecular weight excluding hydrogens is 304 g/mol. The molecule has 2 aliphatic rings. The SMILES string of the molecule is CCCCC1CCC(C2CCC(CCc3ncc(C)cn3)CC2)CC1. The molecule has 2 saturated carbocycles. The number of unbranched alkanes of at least 4 members (excludes halogenated alkanes) is 1. The van der Waals surface area contributed by atoms with Crippen molar-refractivity contribution in [2.24, 2.45) is 23.7 Å². The Bertz CT molecular complexity index is 479. The van der Waals surface area contributed by atoms with Crippen molar-refractivity contribution in [1.29, 1.82) is 0 Å². The lowest BCUT2D eigenvalue weighted by Gasteiger charge is -2.38. The highest BCUT2D eigenvalue weighted by molar-refractivity contribution is 5.02. The van der Waals surface area contributed by atoms with Crippen molar-refractivity contribution in [3.8, 4) is 0 Å². The van der Waals surface area contributed by atoms with Crippen molar-refractivity contribution in [1.82, 2.24) is 9.97 Å². The Morgan fingerprint density at radius 1 is 0.800 bits per heavy atom. The summed E-state index contributed by atoms with van der Waals surface area (Å²) in [6.45, 7) is 4.39. The Hall–Kier alpha value is -0.920. The molecule has 0 bridgehead atoms. The molecule has 1 heterocycles. The van der Waals surface area contributed by atoms with Gasteiger partial charge in [0.25, 0.3) is 0 Å². The first-order valence-corrected chi connectivity index (χ1v) is 11.0. The molecule has 140 valence electrons. The van der Waals surface area contributed by atoms with Crippen LogP contribution in [0.3, 0.4) is 0 Å². The maximum Gasteiger partial charge on any atom is 0.128 e. The van der Waals surface area contributed by atoms with Crippen molar-refractivity contribution in [2.45, 2.75) is 97.3 Å². The van der Waals surface area contributed by atoms with E-state index in [1.807, 2.05) is 12.4 Å². The highest BCUT2D eigenvalue weighted by Crippen LogP contribution is 2.42. The van der Waals surface area contributed by atoms with Gasteiger partial charge in [0.2, 0.25) is 0 Å². The fourth-order valence-electron chi connectivity index (χ4n) is 5.27. The number of nitrogens with zero attached hydrogens (tertiary/aromatic N) is 2. The third-order valence-corrected chi connectivity index (χ3v) is 7.03. The van der Waals surface area contributed by atoms with Crippen LogP contribution in [0, 0.1) is 30.6 Å². The standard InChI is InChI=1S/C23H38N2/c1-3-4-5-19-6-11-21(12-7-19)22-13-8-20(9-14-22)10-15-23-24-16-18(2)17-25-23/h16-17,19-22H,3-15H2,1-2H3. The molecule has 2 aliphatic carbocycles. The van der Waals surface area contributed by atoms with Gasteiger partial charge in [-0.25, -0.2) is 9.97 Å². The van der Waals surface area contributed by atoms with Gasteiger partial charge < -0.3 is 0 Å². The van der Waals surface area contributed by atoms with Gasteiger partial charge in [0, 0.05) is 18.8 Å². The van der Waals surface area contributed by atoms with E-state index in [4.69, 9.17) is 0 Å². The van der Waals surface area contributed by atoms with Gasteiger partial charge in [0.15, 0.2) is 0 Å². The summed E-state index contributed by atoms with van der Waals surface area (Å²) < 4.78 is 0. The lowest BCUT2D eigenvalue weighted by molar-refractivity contribution is 0.140. The van der Waals surface area contributed by atoms with Gasteiger partial charge in [-0.05, 0) is 68.3 Å². The second kappa shape index (κ2) is 9.69. The summed E-state index contributed by atoms with van der Waals surface area (Å²) in [7, 11) is 0. The van der Waals surface area contributed by atoms with Gasteiger partial charge in [0.1, 0.15) is 5.82 Å². The minimum Gasteiger partial charge on any atom is -0.241 e. The Kier molecular flexibility index (Phi) is 7.31. The zero-order valence-electron chi connectivity index (χ0n) is 16.6. The molecule has 1 aromatic rings. The van der Waals surface area contributed by atoms with Crippen LogP contribution in [0.1, 0.15) is 95.4 Å². The third kappa shape index (κ3) is 5.79. The second-order valence-corrected chi connectivity index (χ2v) is 8.92. The molecule has 2 fully saturated rings. The van der Waals surface area contributed by atoms with Crippen LogP contribution in [-0.2, 0) is 6.42 Å². The quantitative estimate of drug-likeness (QED) is 0.563. The predicted octanol–water partition coefficient (Wildman–Crippen LogP) is 6.52. The summed E-state index contributed by atoms with van der Waals surface area (Å²) in [5, 5.41) is 0. The summed E-state index contributed by atoms with van der Waals surface area (Å²) in [5.74, 6) is 5.11. The Balaban J connectivity index is 1.34. The minimum absolute atomic E-state index is 0.919. The van der Waals surface area contributed by atoms with E-state index in [-0.39, 0.29) is 0 Å². The highest BCUT2D eigenvalue weighted by atomic mass is 14.9. The first-order valence-electron chi connectivity index (χ1n) is 11.0. The summed E-state index contributed by atoms with van der Waals surface area (Å²) in [5.41, 5.74) is 1.16. The molecule has 0 saturated heterocycles.